The summed E-state index contributed by atoms with van der Waals surface area (Å²) >= 11 is 1.22. The van der Waals surface area contributed by atoms with E-state index in [9.17, 15) is 4.79 Å². The van der Waals surface area contributed by atoms with Crippen molar-refractivity contribution >= 4 is 17.7 Å². The minimum Gasteiger partial charge on any atom is -0.481 e. The molecule has 1 rings (SSSR count). The van der Waals surface area contributed by atoms with Gasteiger partial charge in [-0.25, -0.2) is 0 Å². The van der Waals surface area contributed by atoms with Crippen molar-refractivity contribution in [1.82, 2.24) is 14.8 Å². The number of rotatable bonds is 6. The molecule has 0 bridgehead atoms. The predicted molar refractivity (Wildman–Crippen MR) is 67.3 cm³/mol. The third kappa shape index (κ3) is 4.03. The van der Waals surface area contributed by atoms with E-state index in [-0.39, 0.29) is 5.75 Å². The summed E-state index contributed by atoms with van der Waals surface area (Å²) in [5.74, 6) is 0.612. The van der Waals surface area contributed by atoms with E-state index in [1.807, 2.05) is 11.5 Å². The Morgan fingerprint density at radius 1 is 1.41 bits per heavy atom. The Labute approximate surface area is 106 Å². The van der Waals surface area contributed by atoms with Gasteiger partial charge in [-0.05, 0) is 26.2 Å². The lowest BCUT2D eigenvalue weighted by Crippen LogP contribution is -2.12. The van der Waals surface area contributed by atoms with Crippen molar-refractivity contribution in [1.29, 1.82) is 0 Å². The molecule has 17 heavy (non-hydrogen) atoms. The first-order chi connectivity index (χ1) is 7.91. The lowest BCUT2D eigenvalue weighted by molar-refractivity contribution is -0.133. The van der Waals surface area contributed by atoms with Crippen molar-refractivity contribution in [3.63, 3.8) is 0 Å². The number of nitrogens with zero attached hydrogens (tertiary/aromatic N) is 3. The molecule has 0 aliphatic carbocycles. The fourth-order valence-electron chi connectivity index (χ4n) is 1.87. The highest BCUT2D eigenvalue weighted by molar-refractivity contribution is 7.99. The molecular weight excluding hydrogens is 238 g/mol. The summed E-state index contributed by atoms with van der Waals surface area (Å²) in [6.45, 7) is 8.34. The van der Waals surface area contributed by atoms with Gasteiger partial charge in [-0.1, -0.05) is 25.6 Å². The first-order valence-electron chi connectivity index (χ1n) is 5.68. The Morgan fingerprint density at radius 2 is 2.06 bits per heavy atom. The summed E-state index contributed by atoms with van der Waals surface area (Å²) in [4.78, 5) is 10.6. The van der Waals surface area contributed by atoms with Gasteiger partial charge in [-0.3, -0.25) is 4.79 Å². The van der Waals surface area contributed by atoms with E-state index < -0.39 is 5.97 Å². The Hall–Kier alpha value is -1.04. The molecule has 0 saturated heterocycles. The third-order valence-corrected chi connectivity index (χ3v) is 3.34. The van der Waals surface area contributed by atoms with Crippen molar-refractivity contribution in [2.75, 3.05) is 5.75 Å². The van der Waals surface area contributed by atoms with Crippen LogP contribution in [0, 0.1) is 12.8 Å². The van der Waals surface area contributed by atoms with Gasteiger partial charge in [-0.15, -0.1) is 10.2 Å². The topological polar surface area (TPSA) is 68.0 Å². The van der Waals surface area contributed by atoms with Gasteiger partial charge in [0, 0.05) is 6.04 Å². The second-order valence-electron chi connectivity index (χ2n) is 4.56. The molecule has 0 amide bonds. The van der Waals surface area contributed by atoms with E-state index in [4.69, 9.17) is 5.11 Å². The molecule has 1 aromatic rings. The lowest BCUT2D eigenvalue weighted by Gasteiger charge is -2.18. The fourth-order valence-corrected chi connectivity index (χ4v) is 2.67. The van der Waals surface area contributed by atoms with Crippen LogP contribution in [-0.4, -0.2) is 31.6 Å². The number of thioether (sulfide) groups is 1. The molecule has 96 valence electrons. The van der Waals surface area contributed by atoms with Crippen LogP contribution in [0.1, 0.15) is 39.1 Å². The molecule has 0 aliphatic rings. The van der Waals surface area contributed by atoms with Gasteiger partial charge in [-0.2, -0.15) is 0 Å². The highest BCUT2D eigenvalue weighted by Gasteiger charge is 2.17. The number of hydrogen-bond acceptors (Lipinski definition) is 4. The van der Waals surface area contributed by atoms with Crippen LogP contribution < -0.4 is 0 Å². The van der Waals surface area contributed by atoms with E-state index in [2.05, 4.69) is 31.0 Å². The average Bonchev–Trinajstić information content (AvgIpc) is 2.55. The van der Waals surface area contributed by atoms with Crippen LogP contribution in [0.3, 0.4) is 0 Å². The molecule has 1 atom stereocenters. The molecule has 0 radical (unpaired) electrons. The van der Waals surface area contributed by atoms with Crippen LogP contribution >= 0.6 is 11.8 Å². The van der Waals surface area contributed by atoms with E-state index in [0.717, 1.165) is 12.2 Å². The number of aryl methyl sites for hydroxylation is 1. The number of aliphatic carboxylic acids is 1. The highest BCUT2D eigenvalue weighted by Crippen LogP contribution is 2.25. The summed E-state index contributed by atoms with van der Waals surface area (Å²) < 4.78 is 2.02. The zero-order chi connectivity index (χ0) is 13.0. The molecule has 1 heterocycles. The second kappa shape index (κ2) is 6.05. The van der Waals surface area contributed by atoms with Crippen LogP contribution in [0.15, 0.2) is 5.16 Å². The normalized spacial score (nSPS) is 13.0. The van der Waals surface area contributed by atoms with Crippen molar-refractivity contribution < 1.29 is 9.90 Å². The molecule has 1 unspecified atom stereocenters. The van der Waals surface area contributed by atoms with Crippen molar-refractivity contribution in [3.8, 4) is 0 Å². The maximum Gasteiger partial charge on any atom is 0.313 e. The summed E-state index contributed by atoms with van der Waals surface area (Å²) in [6.07, 6.45) is 1.03. The minimum atomic E-state index is -0.835. The number of aromatic nitrogens is 3. The van der Waals surface area contributed by atoms with Gasteiger partial charge in [0.15, 0.2) is 5.16 Å². The fraction of sp³-hybridized carbons (Fsp3) is 0.727. The predicted octanol–water partition coefficient (Wildman–Crippen LogP) is 2.37. The average molecular weight is 257 g/mol. The Kier molecular flexibility index (Phi) is 4.99. The summed E-state index contributed by atoms with van der Waals surface area (Å²) in [6, 6.07) is 0.293. The first kappa shape index (κ1) is 14.0. The first-order valence-corrected chi connectivity index (χ1v) is 6.66. The molecule has 0 spiro atoms. The van der Waals surface area contributed by atoms with Crippen LogP contribution in [-0.2, 0) is 4.79 Å². The van der Waals surface area contributed by atoms with Crippen molar-refractivity contribution in [2.24, 2.45) is 5.92 Å². The van der Waals surface area contributed by atoms with Gasteiger partial charge >= 0.3 is 5.97 Å². The summed E-state index contributed by atoms with van der Waals surface area (Å²) in [5, 5.41) is 17.4. The summed E-state index contributed by atoms with van der Waals surface area (Å²) in [5.41, 5.74) is 0. The standard InChI is InChI=1S/C11H19N3O2S/c1-7(2)5-8(3)14-9(4)12-13-11(14)17-6-10(15)16/h7-8H,5-6H2,1-4H3,(H,15,16). The lowest BCUT2D eigenvalue weighted by atomic mass is 10.1. The third-order valence-electron chi connectivity index (χ3n) is 2.41. The van der Waals surface area contributed by atoms with E-state index >= 15 is 0 Å². The molecule has 1 aromatic heterocycles. The Morgan fingerprint density at radius 3 is 2.59 bits per heavy atom. The SMILES string of the molecule is Cc1nnc(SCC(=O)O)n1C(C)CC(C)C. The van der Waals surface area contributed by atoms with E-state index in [1.54, 1.807) is 0 Å². The van der Waals surface area contributed by atoms with Crippen molar-refractivity contribution in [2.45, 2.75) is 45.3 Å². The zero-order valence-electron chi connectivity index (χ0n) is 10.7. The van der Waals surface area contributed by atoms with Crippen LogP contribution in [0.4, 0.5) is 0 Å². The molecule has 6 heteroatoms. The molecular formula is C11H19N3O2S. The minimum absolute atomic E-state index is 0.0204. The highest BCUT2D eigenvalue weighted by atomic mass is 32.2. The number of hydrogen-bond donors (Lipinski definition) is 1. The Balaban J connectivity index is 2.81. The number of carboxylic acid groups (broad SMARTS) is 1. The Bertz CT molecular complexity index is 390. The molecule has 0 aromatic carbocycles. The van der Waals surface area contributed by atoms with Gasteiger partial charge < -0.3 is 9.67 Å². The van der Waals surface area contributed by atoms with Gasteiger partial charge in [0.2, 0.25) is 0 Å². The number of carboxylic acids is 1. The van der Waals surface area contributed by atoms with Gasteiger partial charge in [0.25, 0.3) is 0 Å². The molecule has 0 fully saturated rings. The smallest absolute Gasteiger partial charge is 0.313 e. The van der Waals surface area contributed by atoms with Crippen molar-refractivity contribution in [3.05, 3.63) is 5.82 Å². The quantitative estimate of drug-likeness (QED) is 0.792. The van der Waals surface area contributed by atoms with Gasteiger partial charge in [0.1, 0.15) is 5.82 Å². The molecule has 1 N–H and O–H groups in total. The largest absolute Gasteiger partial charge is 0.481 e. The molecule has 0 aliphatic heterocycles. The number of carbonyl (C=O) groups is 1. The molecule has 0 saturated carbocycles. The maximum absolute atomic E-state index is 10.6. The zero-order valence-corrected chi connectivity index (χ0v) is 11.5. The van der Waals surface area contributed by atoms with E-state index in [1.165, 1.54) is 11.8 Å². The monoisotopic (exact) mass is 257 g/mol. The summed E-state index contributed by atoms with van der Waals surface area (Å²) in [7, 11) is 0. The maximum atomic E-state index is 10.6. The van der Waals surface area contributed by atoms with E-state index in [0.29, 0.717) is 17.1 Å². The van der Waals surface area contributed by atoms with Crippen LogP contribution in [0.25, 0.3) is 0 Å². The van der Waals surface area contributed by atoms with Crippen LogP contribution in [0.5, 0.6) is 0 Å². The second-order valence-corrected chi connectivity index (χ2v) is 5.50. The van der Waals surface area contributed by atoms with Crippen LogP contribution in [0.2, 0.25) is 0 Å². The molecule has 5 nitrogen and oxygen atoms in total. The van der Waals surface area contributed by atoms with Gasteiger partial charge in [0.05, 0.1) is 5.75 Å².